The predicted molar refractivity (Wildman–Crippen MR) is 65.5 cm³/mol. The van der Waals surface area contributed by atoms with Crippen molar-refractivity contribution in [1.82, 2.24) is 15.0 Å². The van der Waals surface area contributed by atoms with E-state index in [1.54, 1.807) is 0 Å². The number of anilines is 1. The van der Waals surface area contributed by atoms with Gasteiger partial charge < -0.3 is 14.8 Å². The Morgan fingerprint density at radius 2 is 2.18 bits per heavy atom. The maximum Gasteiger partial charge on any atom is 0.322 e. The first kappa shape index (κ1) is 13.7. The standard InChI is InChI=1S/C10H15ClN4O2/c1-7(2)6-17-5-4-12-9-13-8(11)14-10(15-9)16-3/h1,4-6H2,2-3H3,(H,12,13,14,15). The van der Waals surface area contributed by atoms with Crippen LogP contribution in [0.2, 0.25) is 5.28 Å². The lowest BCUT2D eigenvalue weighted by Gasteiger charge is -2.06. The van der Waals surface area contributed by atoms with Crippen molar-refractivity contribution in [3.8, 4) is 6.01 Å². The minimum atomic E-state index is 0.0854. The second kappa shape index (κ2) is 7.03. The topological polar surface area (TPSA) is 69.2 Å². The van der Waals surface area contributed by atoms with Crippen molar-refractivity contribution >= 4 is 17.5 Å². The smallest absolute Gasteiger partial charge is 0.322 e. The van der Waals surface area contributed by atoms with E-state index in [0.29, 0.717) is 25.7 Å². The Hall–Kier alpha value is -1.40. The Labute approximate surface area is 105 Å². The molecule has 7 heteroatoms. The van der Waals surface area contributed by atoms with Crippen LogP contribution in [0.25, 0.3) is 0 Å². The number of halogens is 1. The maximum absolute atomic E-state index is 5.69. The summed E-state index contributed by atoms with van der Waals surface area (Å²) in [5, 5.41) is 3.04. The van der Waals surface area contributed by atoms with Gasteiger partial charge in [0.05, 0.1) is 20.3 Å². The molecule has 17 heavy (non-hydrogen) atoms. The zero-order valence-corrected chi connectivity index (χ0v) is 10.6. The predicted octanol–water partition coefficient (Wildman–Crippen LogP) is 1.54. The third kappa shape index (κ3) is 5.46. The summed E-state index contributed by atoms with van der Waals surface area (Å²) in [5.74, 6) is 0.362. The minimum absolute atomic E-state index is 0.0854. The Morgan fingerprint density at radius 3 is 2.82 bits per heavy atom. The van der Waals surface area contributed by atoms with Crippen LogP contribution < -0.4 is 10.1 Å². The summed E-state index contributed by atoms with van der Waals surface area (Å²) in [4.78, 5) is 11.6. The number of hydrogen-bond acceptors (Lipinski definition) is 6. The normalized spacial score (nSPS) is 10.1. The molecule has 94 valence electrons. The van der Waals surface area contributed by atoms with Crippen LogP contribution in [-0.2, 0) is 4.74 Å². The summed E-state index contributed by atoms with van der Waals surface area (Å²) >= 11 is 5.69. The molecule has 0 fully saturated rings. The molecule has 0 aliphatic carbocycles. The van der Waals surface area contributed by atoms with Gasteiger partial charge in [-0.3, -0.25) is 0 Å². The molecule has 1 heterocycles. The van der Waals surface area contributed by atoms with Gasteiger partial charge in [-0.25, -0.2) is 0 Å². The fraction of sp³-hybridized carbons (Fsp3) is 0.500. The molecule has 0 atom stereocenters. The van der Waals surface area contributed by atoms with Gasteiger partial charge in [-0.15, -0.1) is 0 Å². The van der Waals surface area contributed by atoms with E-state index in [4.69, 9.17) is 21.1 Å². The number of nitrogens with one attached hydrogen (secondary N) is 1. The van der Waals surface area contributed by atoms with Crippen molar-refractivity contribution in [3.63, 3.8) is 0 Å². The molecule has 0 aliphatic rings. The maximum atomic E-state index is 5.69. The van der Waals surface area contributed by atoms with Crippen LogP contribution in [-0.4, -0.2) is 41.8 Å². The summed E-state index contributed by atoms with van der Waals surface area (Å²) in [6, 6.07) is 0.176. The molecule has 1 aromatic rings. The Balaban J connectivity index is 2.36. The van der Waals surface area contributed by atoms with Crippen molar-refractivity contribution < 1.29 is 9.47 Å². The number of aromatic nitrogens is 3. The second-order valence-corrected chi connectivity index (χ2v) is 3.69. The number of rotatable bonds is 7. The van der Waals surface area contributed by atoms with Gasteiger partial charge >= 0.3 is 6.01 Å². The molecule has 0 amide bonds. The third-order valence-electron chi connectivity index (χ3n) is 1.65. The molecule has 0 unspecified atom stereocenters. The minimum Gasteiger partial charge on any atom is -0.467 e. The molecule has 0 saturated heterocycles. The summed E-state index contributed by atoms with van der Waals surface area (Å²) in [7, 11) is 1.46. The van der Waals surface area contributed by atoms with Crippen LogP contribution in [0.1, 0.15) is 6.92 Å². The van der Waals surface area contributed by atoms with E-state index in [2.05, 4.69) is 26.8 Å². The number of nitrogens with zero attached hydrogens (tertiary/aromatic N) is 3. The van der Waals surface area contributed by atoms with E-state index in [1.807, 2.05) is 6.92 Å². The molecule has 0 bridgehead atoms. The van der Waals surface area contributed by atoms with Gasteiger partial charge in [-0.05, 0) is 18.5 Å². The highest BCUT2D eigenvalue weighted by atomic mass is 35.5. The molecular formula is C10H15ClN4O2. The molecule has 6 nitrogen and oxygen atoms in total. The average molecular weight is 259 g/mol. The number of ether oxygens (including phenoxy) is 2. The fourth-order valence-electron chi connectivity index (χ4n) is 0.984. The lowest BCUT2D eigenvalue weighted by atomic mass is 10.4. The SMILES string of the molecule is C=C(C)COCCNc1nc(Cl)nc(OC)n1. The molecule has 1 rings (SSSR count). The van der Waals surface area contributed by atoms with Crippen LogP contribution in [0, 0.1) is 0 Å². The van der Waals surface area contributed by atoms with Crippen LogP contribution in [0.3, 0.4) is 0 Å². The molecule has 0 saturated carbocycles. The third-order valence-corrected chi connectivity index (χ3v) is 1.82. The van der Waals surface area contributed by atoms with Crippen molar-refractivity contribution in [2.24, 2.45) is 0 Å². The Morgan fingerprint density at radius 1 is 1.41 bits per heavy atom. The lowest BCUT2D eigenvalue weighted by molar-refractivity contribution is 0.167. The fourth-order valence-corrected chi connectivity index (χ4v) is 1.14. The van der Waals surface area contributed by atoms with Gasteiger partial charge in [0.1, 0.15) is 0 Å². The van der Waals surface area contributed by atoms with Crippen molar-refractivity contribution in [2.75, 3.05) is 32.2 Å². The van der Waals surface area contributed by atoms with E-state index in [9.17, 15) is 0 Å². The lowest BCUT2D eigenvalue weighted by Crippen LogP contribution is -2.13. The van der Waals surface area contributed by atoms with Gasteiger partial charge in [-0.2, -0.15) is 15.0 Å². The molecule has 0 aliphatic heterocycles. The van der Waals surface area contributed by atoms with Crippen molar-refractivity contribution in [2.45, 2.75) is 6.92 Å². The first-order valence-corrected chi connectivity index (χ1v) is 5.41. The highest BCUT2D eigenvalue weighted by Gasteiger charge is 2.03. The highest BCUT2D eigenvalue weighted by Crippen LogP contribution is 2.10. The highest BCUT2D eigenvalue weighted by molar-refractivity contribution is 6.28. The molecule has 0 radical (unpaired) electrons. The Kier molecular flexibility index (Phi) is 5.65. The Bertz CT molecular complexity index is 387. The van der Waals surface area contributed by atoms with E-state index in [-0.39, 0.29) is 11.3 Å². The number of hydrogen-bond donors (Lipinski definition) is 1. The summed E-state index contributed by atoms with van der Waals surface area (Å²) in [5.41, 5.74) is 0.981. The van der Waals surface area contributed by atoms with Crippen molar-refractivity contribution in [3.05, 3.63) is 17.4 Å². The summed E-state index contributed by atoms with van der Waals surface area (Å²) in [6.07, 6.45) is 0. The van der Waals surface area contributed by atoms with Crippen LogP contribution in [0.5, 0.6) is 6.01 Å². The van der Waals surface area contributed by atoms with Crippen LogP contribution in [0.15, 0.2) is 12.2 Å². The first-order valence-electron chi connectivity index (χ1n) is 5.03. The van der Waals surface area contributed by atoms with Gasteiger partial charge in [0.25, 0.3) is 0 Å². The molecule has 1 N–H and O–H groups in total. The second-order valence-electron chi connectivity index (χ2n) is 3.35. The monoisotopic (exact) mass is 258 g/mol. The van der Waals surface area contributed by atoms with Gasteiger partial charge in [0.2, 0.25) is 11.2 Å². The molecular weight excluding hydrogens is 244 g/mol. The first-order chi connectivity index (χ1) is 8.11. The zero-order chi connectivity index (χ0) is 12.7. The largest absolute Gasteiger partial charge is 0.467 e. The molecule has 0 spiro atoms. The van der Waals surface area contributed by atoms with E-state index < -0.39 is 0 Å². The van der Waals surface area contributed by atoms with E-state index >= 15 is 0 Å². The zero-order valence-electron chi connectivity index (χ0n) is 9.86. The van der Waals surface area contributed by atoms with Crippen molar-refractivity contribution in [1.29, 1.82) is 0 Å². The average Bonchev–Trinajstić information content (AvgIpc) is 2.27. The number of methoxy groups -OCH3 is 1. The van der Waals surface area contributed by atoms with Gasteiger partial charge in [-0.1, -0.05) is 12.2 Å². The summed E-state index contributed by atoms with van der Waals surface area (Å²) in [6.45, 7) is 7.28. The van der Waals surface area contributed by atoms with Crippen LogP contribution >= 0.6 is 11.6 Å². The summed E-state index contributed by atoms with van der Waals surface area (Å²) < 4.78 is 10.2. The van der Waals surface area contributed by atoms with E-state index in [1.165, 1.54) is 7.11 Å². The molecule has 0 aromatic carbocycles. The van der Waals surface area contributed by atoms with Crippen LogP contribution in [0.4, 0.5) is 5.95 Å². The van der Waals surface area contributed by atoms with Gasteiger partial charge in [0, 0.05) is 6.54 Å². The van der Waals surface area contributed by atoms with Gasteiger partial charge in [0.15, 0.2) is 0 Å². The molecule has 1 aromatic heterocycles. The quantitative estimate of drug-likeness (QED) is 0.591. The van der Waals surface area contributed by atoms with E-state index in [0.717, 1.165) is 5.57 Å².